The van der Waals surface area contributed by atoms with E-state index in [1.165, 1.54) is 44.2 Å². The maximum Gasteiger partial charge on any atom is 0.0329 e. The zero-order chi connectivity index (χ0) is 15.2. The van der Waals surface area contributed by atoms with Crippen LogP contribution in [-0.2, 0) is 0 Å². The van der Waals surface area contributed by atoms with E-state index in [2.05, 4.69) is 71.4 Å². The molecule has 1 aliphatic carbocycles. The first-order valence-electron chi connectivity index (χ1n) is 8.23. The maximum atomic E-state index is 3.51. The minimum absolute atomic E-state index is 0.446. The van der Waals surface area contributed by atoms with E-state index in [-0.39, 0.29) is 0 Å². The molecule has 0 spiro atoms. The Kier molecular flexibility index (Phi) is 6.72. The van der Waals surface area contributed by atoms with Crippen LogP contribution in [0.1, 0.15) is 50.6 Å². The number of nitrogens with one attached hydrogen (secondary N) is 1. The van der Waals surface area contributed by atoms with Crippen LogP contribution in [0.2, 0.25) is 0 Å². The summed E-state index contributed by atoms with van der Waals surface area (Å²) in [6, 6.07) is 9.93. The number of hydrogen-bond acceptors (Lipinski definition) is 2. The van der Waals surface area contributed by atoms with Gasteiger partial charge in [-0.3, -0.25) is 0 Å². The highest BCUT2D eigenvalue weighted by molar-refractivity contribution is 9.10. The number of nitrogens with zero attached hydrogens (tertiary/aromatic N) is 1. The van der Waals surface area contributed by atoms with Crippen LogP contribution < -0.4 is 5.32 Å². The van der Waals surface area contributed by atoms with Gasteiger partial charge in [0.15, 0.2) is 0 Å². The van der Waals surface area contributed by atoms with Gasteiger partial charge in [0.2, 0.25) is 0 Å². The van der Waals surface area contributed by atoms with Crippen molar-refractivity contribution in [3.63, 3.8) is 0 Å². The van der Waals surface area contributed by atoms with Gasteiger partial charge in [-0.2, -0.15) is 0 Å². The molecule has 1 saturated carbocycles. The van der Waals surface area contributed by atoms with Crippen molar-refractivity contribution in [3.05, 3.63) is 34.3 Å². The highest BCUT2D eigenvalue weighted by Gasteiger charge is 2.22. The van der Waals surface area contributed by atoms with Crippen LogP contribution in [0.15, 0.2) is 28.7 Å². The average Bonchev–Trinajstić information content (AvgIpc) is 2.49. The Hall–Kier alpha value is -0.380. The lowest BCUT2D eigenvalue weighted by Gasteiger charge is -2.35. The van der Waals surface area contributed by atoms with E-state index in [1.54, 1.807) is 0 Å². The molecule has 0 aliphatic heterocycles. The van der Waals surface area contributed by atoms with Gasteiger partial charge >= 0.3 is 0 Å². The third-order valence-electron chi connectivity index (χ3n) is 4.92. The molecule has 1 aliphatic rings. The second-order valence-corrected chi connectivity index (χ2v) is 7.50. The molecule has 1 aromatic rings. The van der Waals surface area contributed by atoms with E-state index >= 15 is 0 Å². The van der Waals surface area contributed by atoms with Crippen LogP contribution in [0, 0.1) is 5.92 Å². The highest BCUT2D eigenvalue weighted by Crippen LogP contribution is 2.27. The lowest BCUT2D eigenvalue weighted by Crippen LogP contribution is -2.37. The third-order valence-corrected chi connectivity index (χ3v) is 5.45. The molecule has 3 unspecified atom stereocenters. The van der Waals surface area contributed by atoms with Crippen molar-refractivity contribution in [2.45, 2.75) is 51.1 Å². The molecule has 0 bridgehead atoms. The van der Waals surface area contributed by atoms with Gasteiger partial charge in [-0.15, -0.1) is 0 Å². The van der Waals surface area contributed by atoms with Gasteiger partial charge in [0.05, 0.1) is 0 Å². The molecule has 3 atom stereocenters. The number of benzene rings is 1. The fraction of sp³-hybridized carbons (Fsp3) is 0.667. The zero-order valence-electron chi connectivity index (χ0n) is 13.6. The Labute approximate surface area is 138 Å². The van der Waals surface area contributed by atoms with E-state index < -0.39 is 0 Å². The van der Waals surface area contributed by atoms with E-state index in [0.29, 0.717) is 6.04 Å². The normalized spacial score (nSPS) is 24.2. The van der Waals surface area contributed by atoms with Crippen molar-refractivity contribution < 1.29 is 0 Å². The second kappa shape index (κ2) is 8.30. The topological polar surface area (TPSA) is 15.3 Å². The molecule has 0 aromatic heterocycles. The molecule has 1 N–H and O–H groups in total. The van der Waals surface area contributed by atoms with Gasteiger partial charge in [0.25, 0.3) is 0 Å². The SMILES string of the molecule is CNC(CCN(C)C1CCCC(C)C1)c1ccc(Br)cc1. The molecule has 0 radical (unpaired) electrons. The lowest BCUT2D eigenvalue weighted by molar-refractivity contribution is 0.158. The first-order chi connectivity index (χ1) is 10.1. The summed E-state index contributed by atoms with van der Waals surface area (Å²) >= 11 is 3.51. The summed E-state index contributed by atoms with van der Waals surface area (Å²) in [6.07, 6.45) is 6.74. The highest BCUT2D eigenvalue weighted by atomic mass is 79.9. The molecule has 0 amide bonds. The first-order valence-corrected chi connectivity index (χ1v) is 9.02. The van der Waals surface area contributed by atoms with E-state index in [4.69, 9.17) is 0 Å². The van der Waals surface area contributed by atoms with Crippen LogP contribution in [0.3, 0.4) is 0 Å². The first kappa shape index (κ1) is 17.0. The molecule has 21 heavy (non-hydrogen) atoms. The molecule has 2 rings (SSSR count). The van der Waals surface area contributed by atoms with Crippen molar-refractivity contribution in [1.29, 1.82) is 0 Å². The maximum absolute atomic E-state index is 3.51. The van der Waals surface area contributed by atoms with Crippen LogP contribution >= 0.6 is 15.9 Å². The number of rotatable bonds is 6. The summed E-state index contributed by atoms with van der Waals surface area (Å²) in [5.74, 6) is 0.901. The molecule has 2 nitrogen and oxygen atoms in total. The lowest BCUT2D eigenvalue weighted by atomic mass is 9.86. The molecule has 1 fully saturated rings. The largest absolute Gasteiger partial charge is 0.313 e. The molecule has 3 heteroatoms. The number of hydrogen-bond donors (Lipinski definition) is 1. The van der Waals surface area contributed by atoms with Crippen molar-refractivity contribution in [2.75, 3.05) is 20.6 Å². The Bertz CT molecular complexity index is 418. The molecular weight excluding hydrogens is 324 g/mol. The smallest absolute Gasteiger partial charge is 0.0329 e. The predicted molar refractivity (Wildman–Crippen MR) is 94.6 cm³/mol. The van der Waals surface area contributed by atoms with Gasteiger partial charge < -0.3 is 10.2 Å². The van der Waals surface area contributed by atoms with Gasteiger partial charge in [0, 0.05) is 16.6 Å². The van der Waals surface area contributed by atoms with Crippen molar-refractivity contribution in [2.24, 2.45) is 5.92 Å². The molecule has 118 valence electrons. The average molecular weight is 353 g/mol. The van der Waals surface area contributed by atoms with E-state index in [0.717, 1.165) is 16.4 Å². The summed E-state index contributed by atoms with van der Waals surface area (Å²) in [6.45, 7) is 3.57. The van der Waals surface area contributed by atoms with E-state index in [1.807, 2.05) is 0 Å². The Morgan fingerprint density at radius 3 is 2.62 bits per heavy atom. The summed E-state index contributed by atoms with van der Waals surface area (Å²) in [7, 11) is 4.37. The Morgan fingerprint density at radius 1 is 1.29 bits per heavy atom. The summed E-state index contributed by atoms with van der Waals surface area (Å²) in [4.78, 5) is 2.58. The van der Waals surface area contributed by atoms with Crippen LogP contribution in [-0.4, -0.2) is 31.6 Å². The molecule has 0 heterocycles. The minimum atomic E-state index is 0.446. The minimum Gasteiger partial charge on any atom is -0.313 e. The summed E-state index contributed by atoms with van der Waals surface area (Å²) in [5.41, 5.74) is 1.38. The fourth-order valence-corrected chi connectivity index (χ4v) is 3.75. The Morgan fingerprint density at radius 2 is 2.00 bits per heavy atom. The monoisotopic (exact) mass is 352 g/mol. The number of halogens is 1. The van der Waals surface area contributed by atoms with Crippen molar-refractivity contribution >= 4 is 15.9 Å². The van der Waals surface area contributed by atoms with Crippen LogP contribution in [0.4, 0.5) is 0 Å². The van der Waals surface area contributed by atoms with E-state index in [9.17, 15) is 0 Å². The fourth-order valence-electron chi connectivity index (χ4n) is 3.49. The predicted octanol–water partition coefficient (Wildman–Crippen LogP) is 4.61. The van der Waals surface area contributed by atoms with Gasteiger partial charge in [-0.1, -0.05) is 47.8 Å². The summed E-state index contributed by atoms with van der Waals surface area (Å²) in [5, 5.41) is 3.46. The quantitative estimate of drug-likeness (QED) is 0.803. The second-order valence-electron chi connectivity index (χ2n) is 6.59. The Balaban J connectivity index is 1.86. The van der Waals surface area contributed by atoms with Gasteiger partial charge in [0.1, 0.15) is 0 Å². The molecule has 1 aromatic carbocycles. The third kappa shape index (κ3) is 5.08. The van der Waals surface area contributed by atoms with Gasteiger partial charge in [-0.25, -0.2) is 0 Å². The molecular formula is C18H29BrN2. The van der Waals surface area contributed by atoms with Crippen molar-refractivity contribution in [3.8, 4) is 0 Å². The zero-order valence-corrected chi connectivity index (χ0v) is 15.2. The standard InChI is InChI=1S/C18H29BrN2/c1-14-5-4-6-17(13-14)21(3)12-11-18(20-2)15-7-9-16(19)10-8-15/h7-10,14,17-18,20H,4-6,11-13H2,1-3H3. The molecule has 0 saturated heterocycles. The van der Waals surface area contributed by atoms with Crippen LogP contribution in [0.25, 0.3) is 0 Å². The van der Waals surface area contributed by atoms with Crippen LogP contribution in [0.5, 0.6) is 0 Å². The van der Waals surface area contributed by atoms with Gasteiger partial charge in [-0.05, 0) is 63.5 Å². The summed E-state index contributed by atoms with van der Waals surface area (Å²) < 4.78 is 1.15. The van der Waals surface area contributed by atoms with Crippen molar-refractivity contribution in [1.82, 2.24) is 10.2 Å².